The van der Waals surface area contributed by atoms with Crippen molar-refractivity contribution in [1.29, 1.82) is 0 Å². The van der Waals surface area contributed by atoms with E-state index >= 15 is 0 Å². The van der Waals surface area contributed by atoms with Gasteiger partial charge in [0.05, 0.1) is 37.8 Å². The molecule has 0 aromatic carbocycles. The first-order chi connectivity index (χ1) is 12.8. The number of ether oxygens (including phenoxy) is 1. The van der Waals surface area contributed by atoms with Crippen molar-refractivity contribution in [1.82, 2.24) is 29.6 Å². The normalized spacial score (nSPS) is 14.0. The van der Waals surface area contributed by atoms with Gasteiger partial charge in [-0.25, -0.2) is 9.97 Å². The lowest BCUT2D eigenvalue weighted by molar-refractivity contribution is 0.205. The maximum Gasteiger partial charge on any atom is 0.212 e. The number of nitrogens with zero attached hydrogens (tertiary/aromatic N) is 6. The number of nitrogens with one attached hydrogen (secondary N) is 1. The summed E-state index contributed by atoms with van der Waals surface area (Å²) >= 11 is 0. The second kappa shape index (κ2) is 7.49. The number of methoxy groups -OCH3 is 1. The summed E-state index contributed by atoms with van der Waals surface area (Å²) in [5, 5.41) is 7.93. The molecule has 0 spiro atoms. The number of aromatic nitrogens is 5. The quantitative estimate of drug-likeness (QED) is 0.724. The van der Waals surface area contributed by atoms with Crippen LogP contribution in [-0.2, 0) is 26.2 Å². The smallest absolute Gasteiger partial charge is 0.212 e. The molecule has 0 saturated carbocycles. The van der Waals surface area contributed by atoms with Crippen molar-refractivity contribution in [2.75, 3.05) is 19.0 Å². The third-order valence-corrected chi connectivity index (χ3v) is 4.35. The second-order valence-electron chi connectivity index (χ2n) is 6.21. The first kappa shape index (κ1) is 16.5. The maximum absolute atomic E-state index is 5.11. The van der Waals surface area contributed by atoms with Crippen LogP contribution in [0.15, 0.2) is 43.0 Å². The summed E-state index contributed by atoms with van der Waals surface area (Å²) in [4.78, 5) is 14.9. The Labute approximate surface area is 151 Å². The molecule has 0 bridgehead atoms. The largest absolute Gasteiger partial charge is 0.481 e. The van der Waals surface area contributed by atoms with E-state index in [1.165, 1.54) is 11.3 Å². The summed E-state index contributed by atoms with van der Waals surface area (Å²) in [5.74, 6) is 1.40. The lowest BCUT2D eigenvalue weighted by Crippen LogP contribution is -2.33. The topological polar surface area (TPSA) is 81.0 Å². The average molecular weight is 351 g/mol. The highest BCUT2D eigenvalue weighted by Crippen LogP contribution is 2.17. The molecule has 134 valence electrons. The fourth-order valence-electron chi connectivity index (χ4n) is 3.06. The molecular weight excluding hydrogens is 330 g/mol. The van der Waals surface area contributed by atoms with Crippen LogP contribution in [0.25, 0.3) is 0 Å². The monoisotopic (exact) mass is 351 g/mol. The van der Waals surface area contributed by atoms with E-state index < -0.39 is 0 Å². The molecule has 4 rings (SSSR count). The lowest BCUT2D eigenvalue weighted by atomic mass is 10.2. The van der Waals surface area contributed by atoms with Crippen LogP contribution >= 0.6 is 0 Å². The molecular formula is C18H21N7O. The van der Waals surface area contributed by atoms with Crippen molar-refractivity contribution >= 4 is 5.82 Å². The van der Waals surface area contributed by atoms with Gasteiger partial charge in [-0.05, 0) is 11.6 Å². The Balaban J connectivity index is 1.36. The van der Waals surface area contributed by atoms with E-state index in [1.807, 2.05) is 12.3 Å². The molecule has 0 fully saturated rings. The van der Waals surface area contributed by atoms with Crippen LogP contribution < -0.4 is 10.1 Å². The van der Waals surface area contributed by atoms with E-state index in [-0.39, 0.29) is 0 Å². The van der Waals surface area contributed by atoms with E-state index in [0.717, 1.165) is 37.7 Å². The molecule has 3 aromatic rings. The van der Waals surface area contributed by atoms with E-state index in [1.54, 1.807) is 25.7 Å². The fourth-order valence-corrected chi connectivity index (χ4v) is 3.06. The second-order valence-corrected chi connectivity index (χ2v) is 6.21. The minimum atomic E-state index is 0.640. The summed E-state index contributed by atoms with van der Waals surface area (Å²) in [6, 6.07) is 6.12. The molecule has 0 aliphatic carbocycles. The number of hydrogen-bond donors (Lipinski definition) is 1. The molecule has 0 atom stereocenters. The molecule has 8 heteroatoms. The summed E-state index contributed by atoms with van der Waals surface area (Å²) < 4.78 is 7.21. The molecule has 1 aliphatic heterocycles. The Bertz CT molecular complexity index is 848. The summed E-state index contributed by atoms with van der Waals surface area (Å²) in [6.45, 7) is 4.25. The number of pyridine rings is 1. The van der Waals surface area contributed by atoms with E-state index in [2.05, 4.69) is 47.1 Å². The minimum absolute atomic E-state index is 0.640. The van der Waals surface area contributed by atoms with Gasteiger partial charge in [0, 0.05) is 44.3 Å². The Morgan fingerprint density at radius 3 is 2.88 bits per heavy atom. The molecule has 0 radical (unpaired) electrons. The van der Waals surface area contributed by atoms with Crippen LogP contribution in [0.5, 0.6) is 5.88 Å². The fraction of sp³-hybridized carbons (Fsp3) is 0.333. The predicted molar refractivity (Wildman–Crippen MR) is 96.5 cm³/mol. The molecule has 26 heavy (non-hydrogen) atoms. The summed E-state index contributed by atoms with van der Waals surface area (Å²) in [7, 11) is 1.63. The predicted octanol–water partition coefficient (Wildman–Crippen LogP) is 1.70. The van der Waals surface area contributed by atoms with Gasteiger partial charge in [0.2, 0.25) is 5.88 Å². The van der Waals surface area contributed by atoms with Crippen LogP contribution in [-0.4, -0.2) is 43.3 Å². The van der Waals surface area contributed by atoms with Gasteiger partial charge in [-0.2, -0.15) is 5.10 Å². The van der Waals surface area contributed by atoms with Gasteiger partial charge in [0.15, 0.2) is 0 Å². The summed E-state index contributed by atoms with van der Waals surface area (Å²) in [5.41, 5.74) is 3.43. The van der Waals surface area contributed by atoms with Gasteiger partial charge < -0.3 is 10.1 Å². The first-order valence-corrected chi connectivity index (χ1v) is 8.57. The zero-order chi connectivity index (χ0) is 17.8. The zero-order valence-corrected chi connectivity index (χ0v) is 14.7. The standard InChI is InChI=1S/C18H21N7O/c1-26-18-3-2-14(9-22-18)12-24-6-7-25-16(13-24)8-15(23-25)10-21-17-11-19-4-5-20-17/h2-5,8-9,11H,6-7,10,12-13H2,1H3,(H,20,21). The third kappa shape index (κ3) is 3.80. The molecule has 8 nitrogen and oxygen atoms in total. The van der Waals surface area contributed by atoms with Gasteiger partial charge in [0.25, 0.3) is 0 Å². The van der Waals surface area contributed by atoms with Crippen molar-refractivity contribution in [3.05, 3.63) is 59.9 Å². The van der Waals surface area contributed by atoms with Gasteiger partial charge in [-0.15, -0.1) is 0 Å². The van der Waals surface area contributed by atoms with Gasteiger partial charge in [-0.3, -0.25) is 14.6 Å². The highest BCUT2D eigenvalue weighted by atomic mass is 16.5. The first-order valence-electron chi connectivity index (χ1n) is 8.57. The molecule has 0 saturated heterocycles. The van der Waals surface area contributed by atoms with Crippen molar-refractivity contribution in [3.8, 4) is 5.88 Å². The van der Waals surface area contributed by atoms with Crippen molar-refractivity contribution < 1.29 is 4.74 Å². The van der Waals surface area contributed by atoms with Crippen LogP contribution in [0.4, 0.5) is 5.82 Å². The summed E-state index contributed by atoms with van der Waals surface area (Å²) in [6.07, 6.45) is 6.92. The Hall–Kier alpha value is -3.00. The molecule has 0 unspecified atom stereocenters. The Kier molecular flexibility index (Phi) is 4.74. The molecule has 1 N–H and O–H groups in total. The molecule has 4 heterocycles. The number of hydrogen-bond acceptors (Lipinski definition) is 7. The molecule has 1 aliphatic rings. The van der Waals surface area contributed by atoms with Crippen molar-refractivity contribution in [3.63, 3.8) is 0 Å². The van der Waals surface area contributed by atoms with Crippen molar-refractivity contribution in [2.24, 2.45) is 0 Å². The third-order valence-electron chi connectivity index (χ3n) is 4.35. The highest BCUT2D eigenvalue weighted by Gasteiger charge is 2.18. The van der Waals surface area contributed by atoms with Crippen LogP contribution in [0.2, 0.25) is 0 Å². The minimum Gasteiger partial charge on any atom is -0.481 e. The van der Waals surface area contributed by atoms with Crippen LogP contribution in [0.1, 0.15) is 17.0 Å². The zero-order valence-electron chi connectivity index (χ0n) is 14.7. The van der Waals surface area contributed by atoms with E-state index in [0.29, 0.717) is 12.4 Å². The lowest BCUT2D eigenvalue weighted by Gasteiger charge is -2.27. The number of fused-ring (bicyclic) bond motifs is 1. The molecule has 3 aromatic heterocycles. The van der Waals surface area contributed by atoms with Gasteiger partial charge in [-0.1, -0.05) is 6.07 Å². The Morgan fingerprint density at radius 2 is 2.12 bits per heavy atom. The number of rotatable bonds is 6. The molecule has 0 amide bonds. The number of anilines is 1. The van der Waals surface area contributed by atoms with E-state index in [9.17, 15) is 0 Å². The highest BCUT2D eigenvalue weighted by molar-refractivity contribution is 5.31. The van der Waals surface area contributed by atoms with Gasteiger partial charge in [0.1, 0.15) is 5.82 Å². The van der Waals surface area contributed by atoms with E-state index in [4.69, 9.17) is 4.74 Å². The Morgan fingerprint density at radius 1 is 1.15 bits per heavy atom. The van der Waals surface area contributed by atoms with Gasteiger partial charge >= 0.3 is 0 Å². The van der Waals surface area contributed by atoms with Crippen LogP contribution in [0.3, 0.4) is 0 Å². The maximum atomic E-state index is 5.11. The van der Waals surface area contributed by atoms with Crippen molar-refractivity contribution in [2.45, 2.75) is 26.2 Å². The van der Waals surface area contributed by atoms with Crippen LogP contribution in [0, 0.1) is 0 Å². The SMILES string of the molecule is COc1ccc(CN2CCn3nc(CNc4cnccn4)cc3C2)cn1. The average Bonchev–Trinajstić information content (AvgIpc) is 3.10.